The number of nitrogens with zero attached hydrogens (tertiary/aromatic N) is 4. The maximum atomic E-state index is 5.74. The Hall–Kier alpha value is -1.24. The van der Waals surface area contributed by atoms with E-state index in [1.165, 1.54) is 16.1 Å². The lowest BCUT2D eigenvalue weighted by atomic mass is 10.0. The van der Waals surface area contributed by atoms with E-state index in [0.29, 0.717) is 0 Å². The summed E-state index contributed by atoms with van der Waals surface area (Å²) < 4.78 is 7.70. The minimum absolute atomic E-state index is 0.287. The van der Waals surface area contributed by atoms with Crippen molar-refractivity contribution in [3.8, 4) is 0 Å². The third kappa shape index (κ3) is 2.88. The van der Waals surface area contributed by atoms with E-state index >= 15 is 0 Å². The Bertz CT molecular complexity index is 634. The van der Waals surface area contributed by atoms with Gasteiger partial charge in [0.1, 0.15) is 0 Å². The highest BCUT2D eigenvalue weighted by atomic mass is 32.1. The topological polar surface area (TPSA) is 43.2 Å². The van der Waals surface area contributed by atoms with E-state index in [1.54, 1.807) is 11.3 Å². The molecule has 0 unspecified atom stereocenters. The van der Waals surface area contributed by atoms with Gasteiger partial charge >= 0.3 is 0 Å². The average molecular weight is 306 g/mol. The van der Waals surface area contributed by atoms with Crippen LogP contribution in [0.25, 0.3) is 0 Å². The number of ether oxygens (including phenoxy) is 1. The van der Waals surface area contributed by atoms with Gasteiger partial charge in [-0.15, -0.1) is 11.3 Å². The second kappa shape index (κ2) is 5.87. The number of aromatic nitrogens is 3. The molecule has 0 N–H and O–H groups in total. The molecule has 1 atom stereocenters. The van der Waals surface area contributed by atoms with Gasteiger partial charge in [0.05, 0.1) is 30.0 Å². The van der Waals surface area contributed by atoms with Crippen LogP contribution in [0, 0.1) is 20.8 Å². The highest BCUT2D eigenvalue weighted by molar-refractivity contribution is 7.11. The Kier molecular flexibility index (Phi) is 4.10. The highest BCUT2D eigenvalue weighted by Crippen LogP contribution is 2.31. The van der Waals surface area contributed by atoms with Crippen molar-refractivity contribution in [1.29, 1.82) is 0 Å². The van der Waals surface area contributed by atoms with Gasteiger partial charge in [-0.05, 0) is 20.8 Å². The lowest BCUT2D eigenvalue weighted by Gasteiger charge is -2.35. The van der Waals surface area contributed by atoms with Crippen LogP contribution >= 0.6 is 11.3 Å². The van der Waals surface area contributed by atoms with Gasteiger partial charge in [0, 0.05) is 42.5 Å². The first-order chi connectivity index (χ1) is 10.1. The third-order valence-corrected chi connectivity index (χ3v) is 5.06. The summed E-state index contributed by atoms with van der Waals surface area (Å²) in [6, 6.07) is 0.287. The van der Waals surface area contributed by atoms with Gasteiger partial charge in [-0.25, -0.2) is 4.98 Å². The summed E-state index contributed by atoms with van der Waals surface area (Å²) >= 11 is 1.78. The zero-order valence-corrected chi connectivity index (χ0v) is 13.9. The maximum Gasteiger partial charge on any atom is 0.0897 e. The van der Waals surface area contributed by atoms with Crippen molar-refractivity contribution >= 4 is 11.3 Å². The second-order valence-corrected chi connectivity index (χ2v) is 6.93. The Balaban J connectivity index is 1.87. The number of rotatable bonds is 3. The van der Waals surface area contributed by atoms with Gasteiger partial charge in [0.25, 0.3) is 0 Å². The quantitative estimate of drug-likeness (QED) is 0.873. The van der Waals surface area contributed by atoms with E-state index in [-0.39, 0.29) is 6.04 Å². The van der Waals surface area contributed by atoms with Crippen LogP contribution in [-0.4, -0.2) is 39.4 Å². The summed E-state index contributed by atoms with van der Waals surface area (Å²) in [4.78, 5) is 8.17. The van der Waals surface area contributed by atoms with Crippen molar-refractivity contribution in [2.45, 2.75) is 33.4 Å². The summed E-state index contributed by atoms with van der Waals surface area (Å²) in [5.74, 6) is 0. The van der Waals surface area contributed by atoms with E-state index in [4.69, 9.17) is 4.74 Å². The smallest absolute Gasteiger partial charge is 0.0897 e. The molecular weight excluding hydrogens is 284 g/mol. The molecule has 0 aromatic carbocycles. The normalized spacial score (nSPS) is 20.1. The lowest BCUT2D eigenvalue weighted by molar-refractivity contribution is -0.0127. The molecule has 5 nitrogen and oxygen atoms in total. The van der Waals surface area contributed by atoms with Crippen LogP contribution in [0.4, 0.5) is 0 Å². The fourth-order valence-corrected chi connectivity index (χ4v) is 3.86. The summed E-state index contributed by atoms with van der Waals surface area (Å²) in [7, 11) is 2.01. The second-order valence-electron chi connectivity index (χ2n) is 5.61. The summed E-state index contributed by atoms with van der Waals surface area (Å²) in [5, 5.41) is 5.68. The first-order valence-corrected chi connectivity index (χ1v) is 8.11. The zero-order valence-electron chi connectivity index (χ0n) is 13.1. The van der Waals surface area contributed by atoms with Crippen LogP contribution in [0.3, 0.4) is 0 Å². The Morgan fingerprint density at radius 2 is 2.19 bits per heavy atom. The molecular formula is C15H22N4OS. The van der Waals surface area contributed by atoms with Crippen molar-refractivity contribution in [1.82, 2.24) is 19.7 Å². The summed E-state index contributed by atoms with van der Waals surface area (Å²) in [5.41, 5.74) is 3.66. The fraction of sp³-hybridized carbons (Fsp3) is 0.600. The minimum atomic E-state index is 0.287. The number of morpholine rings is 1. The molecule has 1 fully saturated rings. The van der Waals surface area contributed by atoms with E-state index in [2.05, 4.69) is 35.8 Å². The van der Waals surface area contributed by atoms with Crippen molar-refractivity contribution < 1.29 is 4.74 Å². The van der Waals surface area contributed by atoms with Gasteiger partial charge in [-0.2, -0.15) is 5.10 Å². The molecule has 21 heavy (non-hydrogen) atoms. The molecule has 1 aliphatic heterocycles. The molecule has 0 radical (unpaired) electrons. The van der Waals surface area contributed by atoms with Crippen molar-refractivity contribution in [3.05, 3.63) is 33.0 Å². The first kappa shape index (κ1) is 14.7. The average Bonchev–Trinajstić information content (AvgIpc) is 2.96. The van der Waals surface area contributed by atoms with Gasteiger partial charge in [0.15, 0.2) is 0 Å². The van der Waals surface area contributed by atoms with Crippen molar-refractivity contribution in [2.24, 2.45) is 7.05 Å². The minimum Gasteiger partial charge on any atom is -0.378 e. The number of thiazole rings is 1. The Morgan fingerprint density at radius 1 is 1.38 bits per heavy atom. The van der Waals surface area contributed by atoms with Crippen LogP contribution in [0.15, 0.2) is 6.20 Å². The highest BCUT2D eigenvalue weighted by Gasteiger charge is 2.29. The first-order valence-electron chi connectivity index (χ1n) is 7.29. The molecule has 0 bridgehead atoms. The fourth-order valence-electron chi connectivity index (χ4n) is 3.04. The largest absolute Gasteiger partial charge is 0.378 e. The van der Waals surface area contributed by atoms with Gasteiger partial charge < -0.3 is 4.74 Å². The zero-order chi connectivity index (χ0) is 15.0. The molecule has 1 saturated heterocycles. The standard InChI is InChI=1S/C15H22N4OS/c1-10-15(11(2)18(4)17-10)14-9-20-6-5-19(14)8-13-7-16-12(3)21-13/h7,14H,5-6,8-9H2,1-4H3/t14-/m0/s1. The molecule has 0 aliphatic carbocycles. The van der Waals surface area contributed by atoms with Crippen LogP contribution < -0.4 is 0 Å². The van der Waals surface area contributed by atoms with Gasteiger partial charge in [0.2, 0.25) is 0 Å². The number of aryl methyl sites for hydroxylation is 3. The molecule has 2 aromatic heterocycles. The molecule has 3 rings (SSSR count). The van der Waals surface area contributed by atoms with Crippen LogP contribution in [0.5, 0.6) is 0 Å². The van der Waals surface area contributed by atoms with Crippen LogP contribution in [0.1, 0.15) is 32.9 Å². The molecule has 0 amide bonds. The lowest BCUT2D eigenvalue weighted by Crippen LogP contribution is -2.39. The molecule has 114 valence electrons. The molecule has 0 saturated carbocycles. The van der Waals surface area contributed by atoms with Crippen LogP contribution in [0.2, 0.25) is 0 Å². The molecule has 6 heteroatoms. The summed E-state index contributed by atoms with van der Waals surface area (Å²) in [6.07, 6.45) is 2.00. The summed E-state index contributed by atoms with van der Waals surface area (Å²) in [6.45, 7) is 9.71. The molecule has 3 heterocycles. The van der Waals surface area contributed by atoms with E-state index < -0.39 is 0 Å². The molecule has 2 aromatic rings. The van der Waals surface area contributed by atoms with Crippen LogP contribution in [-0.2, 0) is 18.3 Å². The third-order valence-electron chi connectivity index (χ3n) is 4.17. The van der Waals surface area contributed by atoms with E-state index in [0.717, 1.165) is 37.0 Å². The molecule has 1 aliphatic rings. The number of hydrogen-bond donors (Lipinski definition) is 0. The van der Waals surface area contributed by atoms with Gasteiger partial charge in [-0.1, -0.05) is 0 Å². The SMILES string of the molecule is Cc1ncc(CN2CCOC[C@H]2c2c(C)nn(C)c2C)s1. The molecule has 0 spiro atoms. The van der Waals surface area contributed by atoms with E-state index in [1.807, 2.05) is 17.9 Å². The number of hydrogen-bond acceptors (Lipinski definition) is 5. The Labute approximate surface area is 129 Å². The monoisotopic (exact) mass is 306 g/mol. The van der Waals surface area contributed by atoms with E-state index in [9.17, 15) is 0 Å². The predicted octanol–water partition coefficient (Wildman–Crippen LogP) is 2.38. The predicted molar refractivity (Wildman–Crippen MR) is 83.5 cm³/mol. The Morgan fingerprint density at radius 3 is 2.81 bits per heavy atom. The van der Waals surface area contributed by atoms with Crippen molar-refractivity contribution in [2.75, 3.05) is 19.8 Å². The maximum absolute atomic E-state index is 5.74. The van der Waals surface area contributed by atoms with Crippen molar-refractivity contribution in [3.63, 3.8) is 0 Å². The van der Waals surface area contributed by atoms with Gasteiger partial charge in [-0.3, -0.25) is 9.58 Å².